The molecule has 0 aliphatic heterocycles. The Labute approximate surface area is 214 Å². The first-order valence-electron chi connectivity index (χ1n) is 13.5. The minimum Gasteiger partial charge on any atom is -0.393 e. The number of carbonyl (C=O) groups is 1. The van der Waals surface area contributed by atoms with E-state index >= 15 is 0 Å². The summed E-state index contributed by atoms with van der Waals surface area (Å²) in [5.74, 6) is -0.0607. The van der Waals surface area contributed by atoms with E-state index in [1.165, 1.54) is 0 Å². The first-order valence-corrected chi connectivity index (χ1v) is 15.1. The summed E-state index contributed by atoms with van der Waals surface area (Å²) in [6.45, 7) is 9.77. The zero-order valence-corrected chi connectivity index (χ0v) is 23.2. The molecule has 3 fully saturated rings. The topological polar surface area (TPSA) is 145 Å². The molecule has 0 aromatic carbocycles. The van der Waals surface area contributed by atoms with Crippen molar-refractivity contribution in [1.82, 2.24) is 0 Å². The molecule has 9 atom stereocenters. The minimum absolute atomic E-state index is 0.0455. The second-order valence-corrected chi connectivity index (χ2v) is 14.6. The van der Waals surface area contributed by atoms with Gasteiger partial charge in [0.1, 0.15) is 0 Å². The number of aliphatic hydroxyl groups excluding tert-OH is 1. The van der Waals surface area contributed by atoms with E-state index in [0.29, 0.717) is 32.1 Å². The fourth-order valence-corrected chi connectivity index (χ4v) is 9.38. The number of phosphoric acid groups is 1. The highest BCUT2D eigenvalue weighted by atomic mass is 31.2. The number of fused-ring (bicyclic) bond motifs is 5. The predicted octanol–water partition coefficient (Wildman–Crippen LogP) is 3.89. The molecule has 36 heavy (non-hydrogen) atoms. The summed E-state index contributed by atoms with van der Waals surface area (Å²) in [4.78, 5) is 32.0. The fourth-order valence-electron chi connectivity index (χ4n) is 8.80. The van der Waals surface area contributed by atoms with Gasteiger partial charge in [0.15, 0.2) is 5.78 Å². The van der Waals surface area contributed by atoms with E-state index in [4.69, 9.17) is 4.52 Å². The Balaban J connectivity index is 1.57. The van der Waals surface area contributed by atoms with Crippen LogP contribution < -0.4 is 0 Å². The van der Waals surface area contributed by atoms with Crippen LogP contribution in [0, 0.1) is 34.5 Å². The highest BCUT2D eigenvalue weighted by Gasteiger charge is 2.66. The monoisotopic (exact) mass is 528 g/mol. The Bertz CT molecular complexity index is 952. The maximum absolute atomic E-state index is 13.4. The van der Waals surface area contributed by atoms with Crippen molar-refractivity contribution in [2.24, 2.45) is 34.5 Å². The first-order chi connectivity index (χ1) is 16.4. The molecule has 4 aliphatic rings. The van der Waals surface area contributed by atoms with Gasteiger partial charge in [-0.15, -0.1) is 0 Å². The van der Waals surface area contributed by atoms with Crippen LogP contribution in [0.4, 0.5) is 0 Å². The largest absolute Gasteiger partial charge is 0.469 e. The average molecular weight is 529 g/mol. The molecule has 0 aromatic rings. The molecule has 8 nitrogen and oxygen atoms in total. The molecule has 3 saturated carbocycles. The van der Waals surface area contributed by atoms with Crippen molar-refractivity contribution in [1.29, 1.82) is 0 Å². The van der Waals surface area contributed by atoms with E-state index in [1.807, 2.05) is 0 Å². The summed E-state index contributed by atoms with van der Waals surface area (Å²) < 4.78 is 16.4. The quantitative estimate of drug-likeness (QED) is 0.313. The Hall–Kier alpha value is -0.600. The maximum Gasteiger partial charge on any atom is 0.469 e. The molecule has 206 valence electrons. The van der Waals surface area contributed by atoms with Gasteiger partial charge in [-0.05, 0) is 100 Å². The Morgan fingerprint density at radius 1 is 1.14 bits per heavy atom. The van der Waals surface area contributed by atoms with E-state index in [2.05, 4.69) is 20.8 Å². The molecule has 0 heterocycles. The van der Waals surface area contributed by atoms with Crippen molar-refractivity contribution in [2.75, 3.05) is 0 Å². The SMILES string of the molecule is C[C@H](C[C@H](O)CC(C)(C)O)[C@H]1CC[C@@]2(O)C3=CC(=O)[C@@H]4C[C@@H](OP(=O)(O)O)CC[C@]4(C)[C@H]3CC[C@]12C. The molecule has 4 rings (SSSR count). The van der Waals surface area contributed by atoms with Crippen molar-refractivity contribution in [3.05, 3.63) is 11.6 Å². The van der Waals surface area contributed by atoms with E-state index < -0.39 is 36.6 Å². The predicted molar refractivity (Wildman–Crippen MR) is 135 cm³/mol. The van der Waals surface area contributed by atoms with Crippen LogP contribution in [0.3, 0.4) is 0 Å². The van der Waals surface area contributed by atoms with E-state index in [-0.39, 0.29) is 41.3 Å². The van der Waals surface area contributed by atoms with E-state index in [0.717, 1.165) is 24.8 Å². The highest BCUT2D eigenvalue weighted by molar-refractivity contribution is 7.46. The van der Waals surface area contributed by atoms with Gasteiger partial charge < -0.3 is 25.1 Å². The third-order valence-corrected chi connectivity index (χ3v) is 11.0. The number of allylic oxidation sites excluding steroid dienone is 1. The lowest BCUT2D eigenvalue weighted by Crippen LogP contribution is -2.59. The second kappa shape index (κ2) is 9.25. The van der Waals surface area contributed by atoms with Crippen LogP contribution in [0.1, 0.15) is 92.4 Å². The average Bonchev–Trinajstić information content (AvgIpc) is 2.98. The fraction of sp³-hybridized carbons (Fsp3) is 0.889. The van der Waals surface area contributed by atoms with Crippen molar-refractivity contribution in [3.63, 3.8) is 0 Å². The Morgan fingerprint density at radius 3 is 2.42 bits per heavy atom. The smallest absolute Gasteiger partial charge is 0.393 e. The zero-order valence-electron chi connectivity index (χ0n) is 22.3. The highest BCUT2D eigenvalue weighted by Crippen LogP contribution is 2.68. The zero-order chi connectivity index (χ0) is 26.9. The lowest BCUT2D eigenvalue weighted by Gasteiger charge is -2.60. The molecule has 0 unspecified atom stereocenters. The number of aliphatic hydroxyl groups is 3. The molecule has 0 radical (unpaired) electrons. The molecular formula is C27H45O8P. The second-order valence-electron chi connectivity index (χ2n) is 13.5. The molecule has 9 heteroatoms. The number of carbonyl (C=O) groups excluding carboxylic acids is 1. The van der Waals surface area contributed by atoms with Crippen molar-refractivity contribution >= 4 is 13.6 Å². The first kappa shape index (κ1) is 28.4. The number of ketones is 1. The Morgan fingerprint density at radius 2 is 1.81 bits per heavy atom. The summed E-state index contributed by atoms with van der Waals surface area (Å²) in [6.07, 6.45) is 5.71. The maximum atomic E-state index is 13.4. The number of hydrogen-bond acceptors (Lipinski definition) is 6. The Kier molecular flexibility index (Phi) is 7.30. The van der Waals surface area contributed by atoms with Gasteiger partial charge in [0.05, 0.1) is 23.4 Å². The van der Waals surface area contributed by atoms with Gasteiger partial charge in [-0.25, -0.2) is 4.57 Å². The van der Waals surface area contributed by atoms with Crippen molar-refractivity contribution in [3.8, 4) is 0 Å². The van der Waals surface area contributed by atoms with Gasteiger partial charge >= 0.3 is 7.82 Å². The summed E-state index contributed by atoms with van der Waals surface area (Å²) in [6, 6.07) is 0. The molecule has 0 saturated heterocycles. The third kappa shape index (κ3) is 4.92. The molecule has 5 N–H and O–H groups in total. The van der Waals surface area contributed by atoms with E-state index in [1.54, 1.807) is 19.9 Å². The van der Waals surface area contributed by atoms with Gasteiger partial charge in [-0.1, -0.05) is 20.8 Å². The standard InChI is InChI=1S/C27H45O8P/c1-16(12-17(28)15-24(2,3)30)19-8-11-27(31)21-14-23(29)22-13-18(35-36(32,33)34)6-9-25(22,4)20(21)7-10-26(19,27)5/h14,16-20,22,28,30-31H,6-13,15H2,1-5H3,(H2,32,33,34)/t16-,17+,18+,19-,20+,22+,25-,26-,27-/m1/s1. The molecule has 0 spiro atoms. The van der Waals surface area contributed by atoms with E-state index in [9.17, 15) is 34.5 Å². The van der Waals surface area contributed by atoms with Crippen LogP contribution in [0.15, 0.2) is 11.6 Å². The van der Waals surface area contributed by atoms with Crippen molar-refractivity contribution < 1.29 is 39.0 Å². The van der Waals surface area contributed by atoms with Crippen LogP contribution in [-0.2, 0) is 13.9 Å². The van der Waals surface area contributed by atoms with Gasteiger partial charge in [0.2, 0.25) is 0 Å². The molecule has 0 aromatic heterocycles. The summed E-state index contributed by atoms with van der Waals surface area (Å²) in [5, 5.41) is 33.0. The lowest BCUT2D eigenvalue weighted by atomic mass is 9.46. The van der Waals surface area contributed by atoms with Gasteiger partial charge in [0.25, 0.3) is 0 Å². The summed E-state index contributed by atoms with van der Waals surface area (Å²) in [5.41, 5.74) is -1.96. The number of hydrogen-bond donors (Lipinski definition) is 5. The number of rotatable bonds is 7. The van der Waals surface area contributed by atoms with Gasteiger partial charge in [-0.3, -0.25) is 9.32 Å². The van der Waals surface area contributed by atoms with Crippen LogP contribution >= 0.6 is 7.82 Å². The van der Waals surface area contributed by atoms with Crippen molar-refractivity contribution in [2.45, 2.75) is 116 Å². The third-order valence-electron chi connectivity index (χ3n) is 10.5. The molecule has 4 aliphatic carbocycles. The van der Waals surface area contributed by atoms with Crippen LogP contribution in [0.5, 0.6) is 0 Å². The van der Waals surface area contributed by atoms with Gasteiger partial charge in [0, 0.05) is 17.8 Å². The van der Waals surface area contributed by atoms with Crippen LogP contribution in [0.2, 0.25) is 0 Å². The van der Waals surface area contributed by atoms with Crippen LogP contribution in [0.25, 0.3) is 0 Å². The minimum atomic E-state index is -4.62. The summed E-state index contributed by atoms with van der Waals surface area (Å²) in [7, 11) is -4.62. The van der Waals surface area contributed by atoms with Crippen LogP contribution in [-0.4, -0.2) is 54.3 Å². The summed E-state index contributed by atoms with van der Waals surface area (Å²) >= 11 is 0. The molecular weight excluding hydrogens is 483 g/mol. The normalized spacial score (nSPS) is 42.7. The van der Waals surface area contributed by atoms with Gasteiger partial charge in [-0.2, -0.15) is 0 Å². The lowest BCUT2D eigenvalue weighted by molar-refractivity contribution is -0.141. The molecule has 0 amide bonds. The molecule has 0 bridgehead atoms. The number of phosphoric ester groups is 1.